The van der Waals surface area contributed by atoms with Gasteiger partial charge in [-0.1, -0.05) is 6.08 Å². The molecule has 0 amide bonds. The van der Waals surface area contributed by atoms with Crippen molar-refractivity contribution in [3.63, 3.8) is 0 Å². The van der Waals surface area contributed by atoms with Gasteiger partial charge in [0.25, 0.3) is 0 Å². The van der Waals surface area contributed by atoms with Gasteiger partial charge in [0.2, 0.25) is 0 Å². The molecule has 0 bridgehead atoms. The van der Waals surface area contributed by atoms with Gasteiger partial charge in [-0.15, -0.1) is 0 Å². The summed E-state index contributed by atoms with van der Waals surface area (Å²) in [5.74, 6) is 0.0841. The molecular weight excluding hydrogens is 140 g/mol. The number of rotatable bonds is 2. The second-order valence-electron chi connectivity index (χ2n) is 2.83. The van der Waals surface area contributed by atoms with Crippen LogP contribution in [0.2, 0.25) is 0 Å². The molecule has 1 aliphatic carbocycles. The first-order valence-corrected chi connectivity index (χ1v) is 3.98. The fourth-order valence-electron chi connectivity index (χ4n) is 1.31. The minimum atomic E-state index is -0.0359. The van der Waals surface area contributed by atoms with E-state index in [4.69, 9.17) is 0 Å². The zero-order valence-corrected chi connectivity index (χ0v) is 6.45. The zero-order valence-electron chi connectivity index (χ0n) is 6.45. The van der Waals surface area contributed by atoms with Gasteiger partial charge in [-0.05, 0) is 25.3 Å². The summed E-state index contributed by atoms with van der Waals surface area (Å²) in [6, 6.07) is 0. The maximum absolute atomic E-state index is 11.2. The predicted octanol–water partition coefficient (Wildman–Crippen LogP) is 1.50. The van der Waals surface area contributed by atoms with Crippen LogP contribution in [0, 0.1) is 5.92 Å². The Hall–Kier alpha value is -0.920. The summed E-state index contributed by atoms with van der Waals surface area (Å²) in [6.45, 7) is 0. The topological polar surface area (TPSA) is 34.1 Å². The lowest BCUT2D eigenvalue weighted by Crippen LogP contribution is -2.11. The Morgan fingerprint density at radius 2 is 2.45 bits per heavy atom. The smallest absolute Gasteiger partial charge is 0.158 e. The average molecular weight is 152 g/mol. The molecule has 1 aliphatic rings. The third-order valence-electron chi connectivity index (χ3n) is 1.99. The van der Waals surface area contributed by atoms with Crippen molar-refractivity contribution in [2.24, 2.45) is 5.92 Å². The highest BCUT2D eigenvalue weighted by Gasteiger charge is 2.16. The van der Waals surface area contributed by atoms with Gasteiger partial charge >= 0.3 is 0 Å². The summed E-state index contributed by atoms with van der Waals surface area (Å²) < 4.78 is 0. The van der Waals surface area contributed by atoms with Gasteiger partial charge in [0.1, 0.15) is 6.29 Å². The van der Waals surface area contributed by atoms with Crippen molar-refractivity contribution in [2.45, 2.75) is 25.7 Å². The summed E-state index contributed by atoms with van der Waals surface area (Å²) in [5.41, 5.74) is 0. The second-order valence-corrected chi connectivity index (χ2v) is 2.83. The van der Waals surface area contributed by atoms with Crippen molar-refractivity contribution in [1.29, 1.82) is 0 Å². The SMILES string of the molecule is O=CCC1CCCC=CC1=O. The number of aldehydes is 1. The van der Waals surface area contributed by atoms with Gasteiger partial charge in [-0.25, -0.2) is 0 Å². The molecule has 0 aliphatic heterocycles. The van der Waals surface area contributed by atoms with Crippen molar-refractivity contribution in [1.82, 2.24) is 0 Å². The highest BCUT2D eigenvalue weighted by atomic mass is 16.1. The summed E-state index contributed by atoms with van der Waals surface area (Å²) >= 11 is 0. The van der Waals surface area contributed by atoms with Crippen LogP contribution in [-0.4, -0.2) is 12.1 Å². The Balaban J connectivity index is 2.54. The Morgan fingerprint density at radius 3 is 3.18 bits per heavy atom. The fraction of sp³-hybridized carbons (Fsp3) is 0.556. The maximum Gasteiger partial charge on any atom is 0.158 e. The molecule has 0 aromatic rings. The summed E-state index contributed by atoms with van der Waals surface area (Å²) in [6.07, 6.45) is 7.60. The van der Waals surface area contributed by atoms with Gasteiger partial charge in [0, 0.05) is 12.3 Å². The van der Waals surface area contributed by atoms with E-state index < -0.39 is 0 Å². The van der Waals surface area contributed by atoms with Crippen LogP contribution in [0.25, 0.3) is 0 Å². The van der Waals surface area contributed by atoms with Crippen LogP contribution in [0.3, 0.4) is 0 Å². The predicted molar refractivity (Wildman–Crippen MR) is 42.2 cm³/mol. The number of ketones is 1. The Labute approximate surface area is 66.3 Å². The third kappa shape index (κ3) is 2.30. The van der Waals surface area contributed by atoms with Crippen LogP contribution in [-0.2, 0) is 9.59 Å². The van der Waals surface area contributed by atoms with E-state index in [2.05, 4.69) is 0 Å². The number of carbonyl (C=O) groups excluding carboxylic acids is 2. The second kappa shape index (κ2) is 4.06. The van der Waals surface area contributed by atoms with Crippen LogP contribution in [0.15, 0.2) is 12.2 Å². The van der Waals surface area contributed by atoms with E-state index in [9.17, 15) is 9.59 Å². The number of hydrogen-bond donors (Lipinski definition) is 0. The molecule has 0 saturated carbocycles. The first kappa shape index (κ1) is 8.18. The molecule has 0 spiro atoms. The van der Waals surface area contributed by atoms with Crippen molar-refractivity contribution < 1.29 is 9.59 Å². The van der Waals surface area contributed by atoms with Crippen LogP contribution in [0.1, 0.15) is 25.7 Å². The zero-order chi connectivity index (χ0) is 8.10. The Bertz CT molecular complexity index is 182. The van der Waals surface area contributed by atoms with Crippen molar-refractivity contribution >= 4 is 12.1 Å². The van der Waals surface area contributed by atoms with Crippen LogP contribution in [0.4, 0.5) is 0 Å². The monoisotopic (exact) mass is 152 g/mol. The molecule has 2 heteroatoms. The lowest BCUT2D eigenvalue weighted by Gasteiger charge is -2.05. The van der Waals surface area contributed by atoms with E-state index in [1.165, 1.54) is 0 Å². The van der Waals surface area contributed by atoms with Crippen LogP contribution in [0.5, 0.6) is 0 Å². The van der Waals surface area contributed by atoms with E-state index in [1.807, 2.05) is 6.08 Å². The quantitative estimate of drug-likeness (QED) is 0.562. The molecule has 0 aromatic heterocycles. The summed E-state index contributed by atoms with van der Waals surface area (Å²) in [5, 5.41) is 0. The van der Waals surface area contributed by atoms with Crippen molar-refractivity contribution in [2.75, 3.05) is 0 Å². The van der Waals surface area contributed by atoms with E-state index in [-0.39, 0.29) is 11.7 Å². The van der Waals surface area contributed by atoms with Gasteiger partial charge in [0.05, 0.1) is 0 Å². The van der Waals surface area contributed by atoms with E-state index >= 15 is 0 Å². The molecule has 0 fully saturated rings. The minimum absolute atomic E-state index is 0.0359. The van der Waals surface area contributed by atoms with E-state index in [0.29, 0.717) is 6.42 Å². The lowest BCUT2D eigenvalue weighted by molar-refractivity contribution is -0.121. The number of carbonyl (C=O) groups is 2. The Kier molecular flexibility index (Phi) is 3.02. The molecule has 0 heterocycles. The molecule has 2 nitrogen and oxygen atoms in total. The van der Waals surface area contributed by atoms with Crippen molar-refractivity contribution in [3.05, 3.63) is 12.2 Å². The highest BCUT2D eigenvalue weighted by molar-refractivity contribution is 5.93. The largest absolute Gasteiger partial charge is 0.303 e. The maximum atomic E-state index is 11.2. The van der Waals surface area contributed by atoms with Crippen LogP contribution >= 0.6 is 0 Å². The van der Waals surface area contributed by atoms with Crippen LogP contribution < -0.4 is 0 Å². The molecule has 60 valence electrons. The van der Waals surface area contributed by atoms with Gasteiger partial charge < -0.3 is 4.79 Å². The van der Waals surface area contributed by atoms with Gasteiger partial charge in [-0.3, -0.25) is 4.79 Å². The third-order valence-corrected chi connectivity index (χ3v) is 1.99. The standard InChI is InChI=1S/C9H12O2/c10-7-6-8-4-2-1-3-5-9(8)11/h3,5,7-8H,1-2,4,6H2. The lowest BCUT2D eigenvalue weighted by atomic mass is 9.97. The summed E-state index contributed by atoms with van der Waals surface area (Å²) in [4.78, 5) is 21.3. The Morgan fingerprint density at radius 1 is 1.64 bits per heavy atom. The van der Waals surface area contributed by atoms with Gasteiger partial charge in [0.15, 0.2) is 5.78 Å². The van der Waals surface area contributed by atoms with E-state index in [1.54, 1.807) is 6.08 Å². The minimum Gasteiger partial charge on any atom is -0.303 e. The number of hydrogen-bond acceptors (Lipinski definition) is 2. The molecule has 1 rings (SSSR count). The average Bonchev–Trinajstić information content (AvgIpc) is 2.18. The normalized spacial score (nSPS) is 24.7. The molecule has 1 unspecified atom stereocenters. The molecule has 0 aromatic carbocycles. The molecule has 0 radical (unpaired) electrons. The van der Waals surface area contributed by atoms with Crippen molar-refractivity contribution in [3.8, 4) is 0 Å². The molecule has 11 heavy (non-hydrogen) atoms. The fourth-order valence-corrected chi connectivity index (χ4v) is 1.31. The number of allylic oxidation sites excluding steroid dienone is 2. The first-order chi connectivity index (χ1) is 5.34. The van der Waals surface area contributed by atoms with Gasteiger partial charge in [-0.2, -0.15) is 0 Å². The highest BCUT2D eigenvalue weighted by Crippen LogP contribution is 2.17. The molecule has 0 saturated heterocycles. The van der Waals surface area contributed by atoms with E-state index in [0.717, 1.165) is 25.5 Å². The molecule has 0 N–H and O–H groups in total. The first-order valence-electron chi connectivity index (χ1n) is 3.98. The molecule has 1 atom stereocenters. The summed E-state index contributed by atoms with van der Waals surface area (Å²) in [7, 11) is 0. The molecular formula is C9H12O2.